The Labute approximate surface area is 152 Å². The molecular formula is C17H26BF3N3O2-. The summed E-state index contributed by atoms with van der Waals surface area (Å²) in [6, 6.07) is 2.18. The van der Waals surface area contributed by atoms with E-state index in [1.54, 1.807) is 27.7 Å². The molecule has 1 fully saturated rings. The Morgan fingerprint density at radius 3 is 2.42 bits per heavy atom. The predicted octanol–water partition coefficient (Wildman–Crippen LogP) is 2.80. The molecular weight excluding hydrogens is 346 g/mol. The van der Waals surface area contributed by atoms with Crippen molar-refractivity contribution in [1.29, 1.82) is 0 Å². The second-order valence-corrected chi connectivity index (χ2v) is 7.58. The van der Waals surface area contributed by atoms with E-state index in [4.69, 9.17) is 4.74 Å². The monoisotopic (exact) mass is 372 g/mol. The molecule has 1 aliphatic heterocycles. The maximum absolute atomic E-state index is 13.4. The molecule has 26 heavy (non-hydrogen) atoms. The third kappa shape index (κ3) is 5.91. The molecule has 0 saturated carbocycles. The van der Waals surface area contributed by atoms with E-state index in [1.165, 1.54) is 6.07 Å². The topological polar surface area (TPSA) is 53.6 Å². The zero-order valence-electron chi connectivity index (χ0n) is 15.7. The zero-order chi connectivity index (χ0) is 19.5. The quantitative estimate of drug-likeness (QED) is 0.799. The van der Waals surface area contributed by atoms with Gasteiger partial charge in [0.05, 0.1) is 0 Å². The number of rotatable bonds is 4. The first-order valence-corrected chi connectivity index (χ1v) is 8.72. The summed E-state index contributed by atoms with van der Waals surface area (Å²) < 4.78 is 45.3. The maximum Gasteiger partial charge on any atom is 0.509 e. The van der Waals surface area contributed by atoms with E-state index in [-0.39, 0.29) is 5.69 Å². The number of carbonyl (C=O) groups excluding carboxylic acids is 1. The van der Waals surface area contributed by atoms with Crippen LogP contribution in [0.25, 0.3) is 0 Å². The molecule has 146 valence electrons. The Bertz CT molecular complexity index is 654. The predicted molar refractivity (Wildman–Crippen MR) is 97.9 cm³/mol. The minimum absolute atomic E-state index is 0.140. The second kappa shape index (κ2) is 7.88. The largest absolute Gasteiger partial charge is 0.509 e. The van der Waals surface area contributed by atoms with Gasteiger partial charge in [0.2, 0.25) is 0 Å². The van der Waals surface area contributed by atoms with Crippen LogP contribution in [0.15, 0.2) is 12.1 Å². The van der Waals surface area contributed by atoms with Gasteiger partial charge < -0.3 is 23.0 Å². The average Bonchev–Trinajstić information content (AvgIpc) is 2.49. The number of nitrogens with one attached hydrogen (secondary N) is 2. The number of hydrogen-bond acceptors (Lipinski definition) is 4. The van der Waals surface area contributed by atoms with Gasteiger partial charge in [-0.1, -0.05) is 12.1 Å². The normalized spacial score (nSPS) is 16.4. The zero-order valence-corrected chi connectivity index (χ0v) is 15.7. The Hall–Kier alpha value is -1.74. The standard InChI is InChI=1S/C17H26BF3N3O2/c1-12-13(11-24-7-5-22-6-8-24)9-14(18(19,20)21)10-15(12)23-16(25)26-17(2,3)4/h9-10,22H,5-8,11H2,1-4H3,(H,23,25)/q-1. The summed E-state index contributed by atoms with van der Waals surface area (Å²) in [7, 11) is 0. The van der Waals surface area contributed by atoms with Crippen LogP contribution in [0.3, 0.4) is 0 Å². The molecule has 1 saturated heterocycles. The van der Waals surface area contributed by atoms with Crippen LogP contribution in [0, 0.1) is 6.92 Å². The fraction of sp³-hybridized carbons (Fsp3) is 0.588. The molecule has 0 aromatic heterocycles. The fourth-order valence-corrected chi connectivity index (χ4v) is 2.81. The number of halogens is 3. The summed E-state index contributed by atoms with van der Waals surface area (Å²) in [6.45, 7) is 5.23. The number of amides is 1. The van der Waals surface area contributed by atoms with Crippen molar-refractivity contribution in [2.75, 3.05) is 31.5 Å². The SMILES string of the molecule is Cc1c(CN2CCNCC2)cc([B-](F)(F)F)cc1NC(=O)OC(C)(C)C. The first-order valence-electron chi connectivity index (χ1n) is 8.72. The van der Waals surface area contributed by atoms with Gasteiger partial charge in [0.25, 0.3) is 0 Å². The number of nitrogens with zero attached hydrogens (tertiary/aromatic N) is 1. The number of hydrogen-bond donors (Lipinski definition) is 2. The Balaban J connectivity index is 2.30. The molecule has 1 aromatic rings. The summed E-state index contributed by atoms with van der Waals surface area (Å²) in [5.41, 5.74) is -0.117. The molecule has 0 aliphatic carbocycles. The van der Waals surface area contributed by atoms with Crippen molar-refractivity contribution in [2.24, 2.45) is 0 Å². The summed E-state index contributed by atoms with van der Waals surface area (Å²) in [6.07, 6.45) is -0.763. The van der Waals surface area contributed by atoms with Crippen molar-refractivity contribution in [3.8, 4) is 0 Å². The van der Waals surface area contributed by atoms with Crippen molar-refractivity contribution in [3.05, 3.63) is 23.3 Å². The van der Waals surface area contributed by atoms with Gasteiger partial charge >= 0.3 is 13.1 Å². The van der Waals surface area contributed by atoms with Crippen LogP contribution in [0.2, 0.25) is 0 Å². The van der Waals surface area contributed by atoms with E-state index in [2.05, 4.69) is 15.5 Å². The van der Waals surface area contributed by atoms with Gasteiger partial charge in [-0.2, -0.15) is 0 Å². The van der Waals surface area contributed by atoms with Gasteiger partial charge in [0, 0.05) is 38.4 Å². The number of anilines is 1. The Kier molecular flexibility index (Phi) is 6.23. The van der Waals surface area contributed by atoms with Crippen LogP contribution < -0.4 is 16.1 Å². The molecule has 0 unspecified atom stereocenters. The lowest BCUT2D eigenvalue weighted by atomic mass is 9.78. The maximum atomic E-state index is 13.4. The highest BCUT2D eigenvalue weighted by molar-refractivity contribution is 6.73. The van der Waals surface area contributed by atoms with Crippen LogP contribution in [-0.4, -0.2) is 49.8 Å². The summed E-state index contributed by atoms with van der Waals surface area (Å²) >= 11 is 0. The lowest BCUT2D eigenvalue weighted by Gasteiger charge is -2.29. The van der Waals surface area contributed by atoms with E-state index in [1.807, 2.05) is 0 Å². The van der Waals surface area contributed by atoms with Gasteiger partial charge in [-0.15, -0.1) is 5.46 Å². The van der Waals surface area contributed by atoms with E-state index in [9.17, 15) is 17.7 Å². The van der Waals surface area contributed by atoms with Crippen molar-refractivity contribution in [2.45, 2.75) is 39.8 Å². The van der Waals surface area contributed by atoms with Crippen molar-refractivity contribution in [1.82, 2.24) is 10.2 Å². The third-order valence-corrected chi connectivity index (χ3v) is 4.15. The highest BCUT2D eigenvalue weighted by Gasteiger charge is 2.28. The molecule has 2 rings (SSSR count). The number of ether oxygens (including phenoxy) is 1. The molecule has 1 aromatic carbocycles. The molecule has 9 heteroatoms. The van der Waals surface area contributed by atoms with Crippen LogP contribution in [0.5, 0.6) is 0 Å². The van der Waals surface area contributed by atoms with Gasteiger partial charge in [0.15, 0.2) is 0 Å². The van der Waals surface area contributed by atoms with Crippen LogP contribution in [0.1, 0.15) is 31.9 Å². The second-order valence-electron chi connectivity index (χ2n) is 7.58. The van der Waals surface area contributed by atoms with Gasteiger partial charge in [-0.25, -0.2) is 4.79 Å². The first-order chi connectivity index (χ1) is 12.0. The van der Waals surface area contributed by atoms with Gasteiger partial charge in [0.1, 0.15) is 5.60 Å². The van der Waals surface area contributed by atoms with E-state index in [0.29, 0.717) is 17.7 Å². The third-order valence-electron chi connectivity index (χ3n) is 4.15. The van der Waals surface area contributed by atoms with Crippen LogP contribution >= 0.6 is 0 Å². The van der Waals surface area contributed by atoms with Crippen LogP contribution in [-0.2, 0) is 11.3 Å². The minimum Gasteiger partial charge on any atom is -0.445 e. The molecule has 0 spiro atoms. The van der Waals surface area contributed by atoms with Crippen molar-refractivity contribution in [3.63, 3.8) is 0 Å². The fourth-order valence-electron chi connectivity index (χ4n) is 2.81. The summed E-state index contributed by atoms with van der Waals surface area (Å²) in [5, 5.41) is 5.69. The number of benzene rings is 1. The average molecular weight is 372 g/mol. The van der Waals surface area contributed by atoms with Crippen molar-refractivity contribution >= 4 is 24.2 Å². The Morgan fingerprint density at radius 2 is 1.88 bits per heavy atom. The Morgan fingerprint density at radius 1 is 1.27 bits per heavy atom. The number of carbonyl (C=O) groups is 1. The van der Waals surface area contributed by atoms with E-state index >= 15 is 0 Å². The molecule has 5 nitrogen and oxygen atoms in total. The summed E-state index contributed by atoms with van der Waals surface area (Å²) in [5.74, 6) is 0. The molecule has 1 heterocycles. The van der Waals surface area contributed by atoms with E-state index < -0.39 is 24.1 Å². The number of piperazine rings is 1. The lowest BCUT2D eigenvalue weighted by molar-refractivity contribution is 0.0635. The highest BCUT2D eigenvalue weighted by atomic mass is 19.4. The first kappa shape index (κ1) is 20.6. The van der Waals surface area contributed by atoms with Crippen molar-refractivity contribution < 1.29 is 22.5 Å². The van der Waals surface area contributed by atoms with Gasteiger partial charge in [-0.05, 0) is 38.8 Å². The molecule has 1 amide bonds. The highest BCUT2D eigenvalue weighted by Crippen LogP contribution is 2.23. The molecule has 1 aliphatic rings. The molecule has 0 radical (unpaired) electrons. The minimum atomic E-state index is -5.17. The van der Waals surface area contributed by atoms with Crippen LogP contribution in [0.4, 0.5) is 23.4 Å². The smallest absolute Gasteiger partial charge is 0.445 e. The summed E-state index contributed by atoms with van der Waals surface area (Å²) in [4.78, 5) is 14.1. The molecule has 0 bridgehead atoms. The molecule has 2 N–H and O–H groups in total. The molecule has 0 atom stereocenters. The lowest BCUT2D eigenvalue weighted by Crippen LogP contribution is -2.43. The van der Waals surface area contributed by atoms with Gasteiger partial charge in [-0.3, -0.25) is 10.2 Å². The van der Waals surface area contributed by atoms with E-state index in [0.717, 1.165) is 32.2 Å².